The largest absolute Gasteiger partial charge is 0.497 e. The van der Waals surface area contributed by atoms with Gasteiger partial charge in [0, 0.05) is 23.9 Å². The number of ether oxygens (including phenoxy) is 1. The van der Waals surface area contributed by atoms with Crippen LogP contribution in [0.15, 0.2) is 53.5 Å². The molecule has 0 aliphatic carbocycles. The van der Waals surface area contributed by atoms with Crippen LogP contribution in [0, 0.1) is 3.95 Å². The number of aryl methyl sites for hydroxylation is 1. The van der Waals surface area contributed by atoms with Gasteiger partial charge in [0.25, 0.3) is 0 Å². The predicted molar refractivity (Wildman–Crippen MR) is 114 cm³/mol. The van der Waals surface area contributed by atoms with Crippen molar-refractivity contribution in [3.63, 3.8) is 0 Å². The Bertz CT molecular complexity index is 1090. The maximum atomic E-state index is 10.7. The predicted octanol–water partition coefficient (Wildman–Crippen LogP) is 5.49. The highest BCUT2D eigenvalue weighted by atomic mass is 32.1. The molecule has 0 saturated carbocycles. The fourth-order valence-electron chi connectivity index (χ4n) is 3.03. The number of hydrogen-bond acceptors (Lipinski definition) is 5. The molecule has 4 rings (SSSR count). The Morgan fingerprint density at radius 3 is 2.74 bits per heavy atom. The summed E-state index contributed by atoms with van der Waals surface area (Å²) in [6, 6.07) is 15.9. The summed E-state index contributed by atoms with van der Waals surface area (Å²) in [4.78, 5) is 5.17. The molecular weight excluding hydrogens is 376 g/mol. The fraction of sp³-hybridized carbons (Fsp3) is 0.143. The molecule has 0 unspecified atom stereocenters. The lowest BCUT2D eigenvalue weighted by molar-refractivity contribution is 0.412. The zero-order valence-electron chi connectivity index (χ0n) is 14.8. The van der Waals surface area contributed by atoms with Gasteiger partial charge in [0.2, 0.25) is 5.88 Å². The third kappa shape index (κ3) is 3.59. The Morgan fingerprint density at radius 2 is 1.96 bits per heavy atom. The van der Waals surface area contributed by atoms with Crippen LogP contribution >= 0.6 is 23.6 Å². The minimum absolute atomic E-state index is 0.212. The van der Waals surface area contributed by atoms with E-state index >= 15 is 0 Å². The van der Waals surface area contributed by atoms with Gasteiger partial charge in [-0.15, -0.1) is 11.3 Å². The summed E-state index contributed by atoms with van der Waals surface area (Å²) in [5.41, 5.74) is 4.17. The van der Waals surface area contributed by atoms with E-state index in [2.05, 4.69) is 4.99 Å². The van der Waals surface area contributed by atoms with Crippen molar-refractivity contribution in [3.05, 3.63) is 68.5 Å². The summed E-state index contributed by atoms with van der Waals surface area (Å²) in [6.45, 7) is 0.626. The number of methoxy groups -OCH3 is 1. The van der Waals surface area contributed by atoms with Gasteiger partial charge < -0.3 is 9.84 Å². The fourth-order valence-corrected chi connectivity index (χ4v) is 4.34. The first kappa shape index (κ1) is 17.7. The number of aromatic hydroxyl groups is 1. The van der Waals surface area contributed by atoms with E-state index in [1.165, 1.54) is 16.9 Å². The van der Waals surface area contributed by atoms with Crippen LogP contribution in [0.4, 0.5) is 5.69 Å². The number of allylic oxidation sites excluding steroid dienone is 1. The van der Waals surface area contributed by atoms with Crippen LogP contribution in [0.25, 0.3) is 11.6 Å². The van der Waals surface area contributed by atoms with Crippen LogP contribution < -0.4 is 4.74 Å². The molecular formula is C21H18N2O2S2. The minimum Gasteiger partial charge on any atom is -0.497 e. The summed E-state index contributed by atoms with van der Waals surface area (Å²) in [7, 11) is 1.65. The van der Waals surface area contributed by atoms with Crippen LogP contribution in [0.3, 0.4) is 0 Å². The standard InChI is InChI=1S/C21H18N2O2S2/c1-25-16-8-6-14(7-9-16)10-11-23-20(24)19(27-21(23)26)12-15-13-22-18-5-3-2-4-17(15)18/h2-9,12-13,24H,10-11H2,1H3. The number of para-hydroxylation sites is 1. The third-order valence-corrected chi connectivity index (χ3v) is 5.91. The molecule has 6 heteroatoms. The summed E-state index contributed by atoms with van der Waals surface area (Å²) < 4.78 is 7.63. The van der Waals surface area contributed by atoms with Gasteiger partial charge in [-0.1, -0.05) is 30.3 Å². The van der Waals surface area contributed by atoms with Gasteiger partial charge in [-0.25, -0.2) is 0 Å². The number of nitrogens with zero attached hydrogens (tertiary/aromatic N) is 2. The number of aromatic nitrogens is 1. The van der Waals surface area contributed by atoms with Crippen LogP contribution in [0.2, 0.25) is 0 Å². The Hall–Kier alpha value is -2.70. The highest BCUT2D eigenvalue weighted by Crippen LogP contribution is 2.35. The normalized spacial score (nSPS) is 13.9. The van der Waals surface area contributed by atoms with Crippen molar-refractivity contribution in [2.45, 2.75) is 13.0 Å². The van der Waals surface area contributed by atoms with Crippen LogP contribution in [0.5, 0.6) is 11.6 Å². The molecule has 0 spiro atoms. The van der Waals surface area contributed by atoms with Crippen LogP contribution in [-0.4, -0.2) is 23.0 Å². The van der Waals surface area contributed by atoms with Gasteiger partial charge in [0.05, 0.1) is 17.7 Å². The lowest BCUT2D eigenvalue weighted by Crippen LogP contribution is -2.00. The Labute approximate surface area is 166 Å². The molecule has 0 radical (unpaired) electrons. The highest BCUT2D eigenvalue weighted by molar-refractivity contribution is 7.73. The average Bonchev–Trinajstić information content (AvgIpc) is 3.22. The third-order valence-electron chi connectivity index (χ3n) is 4.52. The molecule has 1 aromatic heterocycles. The maximum absolute atomic E-state index is 10.7. The van der Waals surface area contributed by atoms with Gasteiger partial charge in [-0.05, 0) is 48.5 Å². The number of rotatable bonds is 5. The molecule has 0 bridgehead atoms. The molecule has 1 aliphatic rings. The van der Waals surface area contributed by atoms with Crippen molar-refractivity contribution >= 4 is 47.1 Å². The van der Waals surface area contributed by atoms with E-state index in [1.807, 2.05) is 60.8 Å². The van der Waals surface area contributed by atoms with Gasteiger partial charge in [0.1, 0.15) is 5.75 Å². The van der Waals surface area contributed by atoms with Crippen molar-refractivity contribution in [1.82, 2.24) is 4.57 Å². The van der Waals surface area contributed by atoms with Crippen LogP contribution in [-0.2, 0) is 13.0 Å². The van der Waals surface area contributed by atoms with E-state index in [9.17, 15) is 5.11 Å². The monoisotopic (exact) mass is 394 g/mol. The molecule has 1 N–H and O–H groups in total. The number of aliphatic imine (C=N–C) groups is 1. The molecule has 0 atom stereocenters. The average molecular weight is 395 g/mol. The molecule has 4 nitrogen and oxygen atoms in total. The van der Waals surface area contributed by atoms with Gasteiger partial charge in [-0.3, -0.25) is 9.56 Å². The van der Waals surface area contributed by atoms with E-state index in [4.69, 9.17) is 17.0 Å². The van der Waals surface area contributed by atoms with Crippen molar-refractivity contribution in [3.8, 4) is 11.6 Å². The summed E-state index contributed by atoms with van der Waals surface area (Å²) >= 11 is 6.89. The first-order chi connectivity index (χ1) is 13.2. The summed E-state index contributed by atoms with van der Waals surface area (Å²) in [6.07, 6.45) is 4.56. The number of thiazole rings is 1. The minimum atomic E-state index is 0.212. The lowest BCUT2D eigenvalue weighted by atomic mass is 10.1. The van der Waals surface area contributed by atoms with Crippen molar-refractivity contribution in [2.24, 2.45) is 4.99 Å². The van der Waals surface area contributed by atoms with Crippen molar-refractivity contribution < 1.29 is 9.84 Å². The Morgan fingerprint density at radius 1 is 1.19 bits per heavy atom. The Kier molecular flexibility index (Phi) is 4.92. The number of hydrogen-bond donors (Lipinski definition) is 1. The van der Waals surface area contributed by atoms with Crippen molar-refractivity contribution in [1.29, 1.82) is 0 Å². The molecule has 2 aromatic carbocycles. The summed E-state index contributed by atoms with van der Waals surface area (Å²) in [5.74, 6) is 1.05. The second kappa shape index (κ2) is 7.50. The second-order valence-electron chi connectivity index (χ2n) is 6.18. The maximum Gasteiger partial charge on any atom is 0.210 e. The van der Waals surface area contributed by atoms with E-state index in [0.29, 0.717) is 10.5 Å². The topological polar surface area (TPSA) is 46.8 Å². The zero-order valence-corrected chi connectivity index (χ0v) is 16.4. The molecule has 0 amide bonds. The SMILES string of the molecule is COc1ccc(CCn2c(O)c(C=C3C=Nc4ccccc43)sc2=S)cc1. The molecule has 2 heterocycles. The zero-order chi connectivity index (χ0) is 18.8. The van der Waals surface area contributed by atoms with Crippen molar-refractivity contribution in [2.75, 3.05) is 7.11 Å². The molecule has 1 aliphatic heterocycles. The van der Waals surface area contributed by atoms with Gasteiger partial charge in [0.15, 0.2) is 3.95 Å². The van der Waals surface area contributed by atoms with E-state index in [-0.39, 0.29) is 5.88 Å². The van der Waals surface area contributed by atoms with Gasteiger partial charge >= 0.3 is 0 Å². The van der Waals surface area contributed by atoms with E-state index in [1.54, 1.807) is 11.7 Å². The first-order valence-corrected chi connectivity index (χ1v) is 9.79. The Balaban J connectivity index is 1.56. The van der Waals surface area contributed by atoms with E-state index in [0.717, 1.165) is 33.9 Å². The smallest absolute Gasteiger partial charge is 0.210 e. The van der Waals surface area contributed by atoms with Crippen LogP contribution in [0.1, 0.15) is 16.0 Å². The second-order valence-corrected chi connectivity index (χ2v) is 7.86. The molecule has 3 aromatic rings. The first-order valence-electron chi connectivity index (χ1n) is 8.56. The highest BCUT2D eigenvalue weighted by Gasteiger charge is 2.15. The summed E-state index contributed by atoms with van der Waals surface area (Å²) in [5, 5.41) is 10.7. The quantitative estimate of drug-likeness (QED) is 0.582. The molecule has 0 saturated heterocycles. The number of benzene rings is 2. The van der Waals surface area contributed by atoms with E-state index < -0.39 is 0 Å². The lowest BCUT2D eigenvalue weighted by Gasteiger charge is -2.06. The molecule has 0 fully saturated rings. The number of fused-ring (bicyclic) bond motifs is 1. The van der Waals surface area contributed by atoms with Gasteiger partial charge in [-0.2, -0.15) is 0 Å². The molecule has 136 valence electrons. The molecule has 27 heavy (non-hydrogen) atoms.